The van der Waals surface area contributed by atoms with Gasteiger partial charge in [0.05, 0.1) is 17.8 Å². The Kier molecular flexibility index (Phi) is 4.15. The van der Waals surface area contributed by atoms with Crippen LogP contribution in [0.4, 0.5) is 0 Å². The Morgan fingerprint density at radius 1 is 0.840 bits per heavy atom. The molecule has 0 aromatic rings. The summed E-state index contributed by atoms with van der Waals surface area (Å²) in [6, 6.07) is 0. The summed E-state index contributed by atoms with van der Waals surface area (Å²) in [5.41, 5.74) is -0.372. The van der Waals surface area contributed by atoms with Gasteiger partial charge in [0, 0.05) is 5.92 Å². The molecule has 0 aromatic heterocycles. The van der Waals surface area contributed by atoms with Crippen LogP contribution in [0.15, 0.2) is 0 Å². The van der Waals surface area contributed by atoms with Crippen molar-refractivity contribution in [3.63, 3.8) is 0 Å². The lowest BCUT2D eigenvalue weighted by Gasteiger charge is -2.61. The van der Waals surface area contributed by atoms with Gasteiger partial charge in [-0.15, -0.1) is 0 Å². The summed E-state index contributed by atoms with van der Waals surface area (Å²) in [4.78, 5) is 0. The van der Waals surface area contributed by atoms with Crippen LogP contribution in [0.5, 0.6) is 0 Å². The topological polar surface area (TPSA) is 60.7 Å². The average molecular weight is 351 g/mol. The number of fused-ring (bicyclic) bond motifs is 5. The number of rotatable bonds is 1. The predicted octanol–water partition coefficient (Wildman–Crippen LogP) is 3.75. The summed E-state index contributed by atoms with van der Waals surface area (Å²) in [6.07, 6.45) is 8.41. The van der Waals surface area contributed by atoms with Gasteiger partial charge in [-0.25, -0.2) is 0 Å². The fourth-order valence-corrected chi connectivity index (χ4v) is 8.53. The van der Waals surface area contributed by atoms with E-state index in [-0.39, 0.29) is 23.5 Å². The largest absolute Gasteiger partial charge is 0.393 e. The van der Waals surface area contributed by atoms with Crippen molar-refractivity contribution >= 4 is 0 Å². The summed E-state index contributed by atoms with van der Waals surface area (Å²) in [6.45, 7) is 8.64. The molecule has 4 aliphatic rings. The maximum absolute atomic E-state index is 10.8. The Labute approximate surface area is 153 Å². The molecule has 4 fully saturated rings. The molecule has 3 nitrogen and oxygen atoms in total. The molecule has 3 N–H and O–H groups in total. The highest BCUT2D eigenvalue weighted by Gasteiger charge is 2.64. The third-order valence-electron chi connectivity index (χ3n) is 9.43. The quantitative estimate of drug-likeness (QED) is 0.675. The highest BCUT2D eigenvalue weighted by Crippen LogP contribution is 2.68. The second-order valence-electron chi connectivity index (χ2n) is 11.1. The number of aliphatic hydroxyl groups excluding tert-OH is 2. The van der Waals surface area contributed by atoms with Gasteiger partial charge in [0.25, 0.3) is 0 Å². The smallest absolute Gasteiger partial charge is 0.0649 e. The lowest BCUT2D eigenvalue weighted by atomic mass is 9.44. The van der Waals surface area contributed by atoms with Gasteiger partial charge in [-0.05, 0) is 99.7 Å². The van der Waals surface area contributed by atoms with E-state index in [4.69, 9.17) is 0 Å². The molecule has 0 radical (unpaired) electrons. The molecule has 0 unspecified atom stereocenters. The van der Waals surface area contributed by atoms with Gasteiger partial charge < -0.3 is 15.3 Å². The fourth-order valence-electron chi connectivity index (χ4n) is 8.53. The van der Waals surface area contributed by atoms with Crippen molar-refractivity contribution in [3.05, 3.63) is 0 Å². The summed E-state index contributed by atoms with van der Waals surface area (Å²) >= 11 is 0. The van der Waals surface area contributed by atoms with Gasteiger partial charge in [-0.3, -0.25) is 0 Å². The Hall–Kier alpha value is -0.120. The maximum Gasteiger partial charge on any atom is 0.0649 e. The normalized spacial score (nSPS) is 56.0. The molecule has 0 spiro atoms. The van der Waals surface area contributed by atoms with Crippen molar-refractivity contribution in [2.75, 3.05) is 0 Å². The molecule has 4 aliphatic carbocycles. The van der Waals surface area contributed by atoms with Gasteiger partial charge in [-0.2, -0.15) is 0 Å². The lowest BCUT2D eigenvalue weighted by Crippen LogP contribution is -2.55. The van der Waals surface area contributed by atoms with E-state index in [1.807, 2.05) is 13.8 Å². The van der Waals surface area contributed by atoms with Crippen LogP contribution in [0.2, 0.25) is 0 Å². The Balaban J connectivity index is 1.64. The predicted molar refractivity (Wildman–Crippen MR) is 98.9 cm³/mol. The Morgan fingerprint density at radius 3 is 2.20 bits per heavy atom. The fraction of sp³-hybridized carbons (Fsp3) is 1.00. The molecule has 4 saturated carbocycles. The van der Waals surface area contributed by atoms with Crippen LogP contribution in [0, 0.1) is 40.4 Å². The van der Waals surface area contributed by atoms with Crippen LogP contribution in [0.25, 0.3) is 0 Å². The van der Waals surface area contributed by atoms with E-state index in [0.29, 0.717) is 23.2 Å². The van der Waals surface area contributed by atoms with Crippen molar-refractivity contribution in [2.45, 2.75) is 96.9 Å². The highest BCUT2D eigenvalue weighted by atomic mass is 16.3. The molecule has 4 rings (SSSR count). The average Bonchev–Trinajstić information content (AvgIpc) is 2.78. The third kappa shape index (κ3) is 2.56. The number of hydrogen-bond donors (Lipinski definition) is 3. The van der Waals surface area contributed by atoms with Crippen molar-refractivity contribution in [1.82, 2.24) is 0 Å². The van der Waals surface area contributed by atoms with Crippen LogP contribution in [0.1, 0.15) is 79.1 Å². The molecule has 0 heterocycles. The Morgan fingerprint density at radius 2 is 1.52 bits per heavy atom. The van der Waals surface area contributed by atoms with E-state index >= 15 is 0 Å². The molecular formula is C22H38O3. The van der Waals surface area contributed by atoms with Crippen LogP contribution in [-0.2, 0) is 0 Å². The van der Waals surface area contributed by atoms with Gasteiger partial charge in [0.15, 0.2) is 0 Å². The lowest BCUT2D eigenvalue weighted by molar-refractivity contribution is -0.145. The molecular weight excluding hydrogens is 312 g/mol. The van der Waals surface area contributed by atoms with E-state index in [1.54, 1.807) is 0 Å². The first kappa shape index (κ1) is 18.3. The number of aliphatic hydroxyl groups is 3. The minimum Gasteiger partial charge on any atom is -0.393 e. The first-order valence-corrected chi connectivity index (χ1v) is 10.7. The zero-order valence-electron chi connectivity index (χ0n) is 16.5. The molecule has 0 aliphatic heterocycles. The monoisotopic (exact) mass is 350 g/mol. The summed E-state index contributed by atoms with van der Waals surface area (Å²) in [7, 11) is 0. The van der Waals surface area contributed by atoms with E-state index in [1.165, 1.54) is 25.7 Å². The first-order valence-electron chi connectivity index (χ1n) is 10.7. The minimum atomic E-state index is -0.814. The molecule has 3 heteroatoms. The zero-order valence-corrected chi connectivity index (χ0v) is 16.5. The molecule has 0 amide bonds. The van der Waals surface area contributed by atoms with E-state index in [9.17, 15) is 15.3 Å². The van der Waals surface area contributed by atoms with Gasteiger partial charge in [0.2, 0.25) is 0 Å². The third-order valence-corrected chi connectivity index (χ3v) is 9.43. The SMILES string of the molecule is CC(C)(O)[C@@H]1[C@H](O)C[C@H]2[C@@H]3CC[C@H]4C[C@@H](O)CC[C@]4(C)[C@H]3CC[C@@]21C. The van der Waals surface area contributed by atoms with E-state index < -0.39 is 5.60 Å². The zero-order chi connectivity index (χ0) is 18.2. The van der Waals surface area contributed by atoms with Crippen LogP contribution < -0.4 is 0 Å². The van der Waals surface area contributed by atoms with Crippen LogP contribution in [0.3, 0.4) is 0 Å². The Bertz CT molecular complexity index is 526. The second-order valence-corrected chi connectivity index (χ2v) is 11.1. The summed E-state index contributed by atoms with van der Waals surface area (Å²) in [5, 5.41) is 31.8. The molecule has 144 valence electrons. The minimum absolute atomic E-state index is 0.00958. The molecule has 0 bridgehead atoms. The standard InChI is InChI=1S/C22H38O3/c1-20(2,25)19-18(24)12-17-15-6-5-13-11-14(23)7-9-21(13,3)16(15)8-10-22(17,19)4/h13-19,23-25H,5-12H2,1-4H3/t13-,14-,15+,16-,17-,18+,19-,21-,22-/m0/s1. The van der Waals surface area contributed by atoms with Crippen molar-refractivity contribution in [1.29, 1.82) is 0 Å². The van der Waals surface area contributed by atoms with Crippen LogP contribution >= 0.6 is 0 Å². The van der Waals surface area contributed by atoms with Crippen molar-refractivity contribution < 1.29 is 15.3 Å². The highest BCUT2D eigenvalue weighted by molar-refractivity contribution is 5.13. The molecule has 0 aromatic carbocycles. The van der Waals surface area contributed by atoms with Crippen LogP contribution in [-0.4, -0.2) is 33.1 Å². The maximum atomic E-state index is 10.8. The summed E-state index contributed by atoms with van der Waals surface area (Å²) < 4.78 is 0. The van der Waals surface area contributed by atoms with E-state index in [2.05, 4.69) is 13.8 Å². The van der Waals surface area contributed by atoms with Crippen molar-refractivity contribution in [3.8, 4) is 0 Å². The molecule has 9 atom stereocenters. The molecule has 0 saturated heterocycles. The van der Waals surface area contributed by atoms with Gasteiger partial charge >= 0.3 is 0 Å². The van der Waals surface area contributed by atoms with E-state index in [0.717, 1.165) is 31.6 Å². The van der Waals surface area contributed by atoms with Crippen molar-refractivity contribution in [2.24, 2.45) is 40.4 Å². The second kappa shape index (κ2) is 5.69. The van der Waals surface area contributed by atoms with Gasteiger partial charge in [0.1, 0.15) is 0 Å². The summed E-state index contributed by atoms with van der Waals surface area (Å²) in [5.74, 6) is 2.65. The molecule has 25 heavy (non-hydrogen) atoms. The first-order chi connectivity index (χ1) is 11.6. The van der Waals surface area contributed by atoms with Gasteiger partial charge in [-0.1, -0.05) is 13.8 Å². The number of hydrogen-bond acceptors (Lipinski definition) is 3.